The molecule has 1 unspecified atom stereocenters. The lowest BCUT2D eigenvalue weighted by molar-refractivity contribution is 0.372. The fourth-order valence-electron chi connectivity index (χ4n) is 6.10. The fourth-order valence-corrected chi connectivity index (χ4v) is 6.33. The molecular formula is C25H29ClFN7O. The monoisotopic (exact) mass is 497 g/mol. The minimum absolute atomic E-state index is 0.0125. The zero-order valence-corrected chi connectivity index (χ0v) is 20.5. The van der Waals surface area contributed by atoms with E-state index in [1.54, 1.807) is 13.2 Å². The molecule has 184 valence electrons. The number of rotatable bonds is 5. The van der Waals surface area contributed by atoms with Gasteiger partial charge in [0.25, 0.3) is 0 Å². The minimum Gasteiger partial charge on any atom is -0.480 e. The van der Waals surface area contributed by atoms with Crippen molar-refractivity contribution in [2.75, 3.05) is 30.4 Å². The maximum Gasteiger partial charge on any atom is 0.242 e. The van der Waals surface area contributed by atoms with Gasteiger partial charge in [0.05, 0.1) is 19.0 Å². The van der Waals surface area contributed by atoms with Gasteiger partial charge < -0.3 is 15.0 Å². The Morgan fingerprint density at radius 3 is 2.69 bits per heavy atom. The van der Waals surface area contributed by atoms with E-state index in [0.717, 1.165) is 56.0 Å². The molecule has 35 heavy (non-hydrogen) atoms. The van der Waals surface area contributed by atoms with Crippen molar-refractivity contribution in [2.45, 2.75) is 50.6 Å². The SMILES string of the molecule is COc1cc(N2C[C@H]3CC[C@@H](C2)C3Nc2nc3n(n2)CCCC[C@@H]3c2cc(F)cc(Cl)c2)cnn1. The number of hydrogen-bond donors (Lipinski definition) is 1. The summed E-state index contributed by atoms with van der Waals surface area (Å²) in [7, 11) is 1.61. The third kappa shape index (κ3) is 4.42. The lowest BCUT2D eigenvalue weighted by Crippen LogP contribution is -2.48. The molecule has 4 atom stereocenters. The normalized spacial score (nSPS) is 25.7. The van der Waals surface area contributed by atoms with Crippen molar-refractivity contribution >= 4 is 23.2 Å². The van der Waals surface area contributed by atoms with Gasteiger partial charge in [-0.15, -0.1) is 10.2 Å². The number of benzene rings is 1. The molecule has 0 radical (unpaired) electrons. The van der Waals surface area contributed by atoms with E-state index in [1.165, 1.54) is 18.9 Å². The first-order chi connectivity index (χ1) is 17.1. The molecule has 2 aliphatic heterocycles. The first-order valence-electron chi connectivity index (χ1n) is 12.4. The van der Waals surface area contributed by atoms with Crippen LogP contribution in [0.5, 0.6) is 5.88 Å². The van der Waals surface area contributed by atoms with Gasteiger partial charge in [0.15, 0.2) is 0 Å². The molecule has 1 aliphatic carbocycles. The number of nitrogens with zero attached hydrogens (tertiary/aromatic N) is 6. The molecule has 2 aromatic heterocycles. The molecule has 8 nitrogen and oxygen atoms in total. The molecule has 3 aliphatic rings. The van der Waals surface area contributed by atoms with Gasteiger partial charge >= 0.3 is 0 Å². The third-order valence-electron chi connectivity index (χ3n) is 7.73. The minimum atomic E-state index is -0.313. The topological polar surface area (TPSA) is 81.0 Å². The summed E-state index contributed by atoms with van der Waals surface area (Å²) in [5.74, 6) is 2.77. The smallest absolute Gasteiger partial charge is 0.242 e. The highest BCUT2D eigenvalue weighted by molar-refractivity contribution is 6.30. The number of piperidine rings is 1. The Balaban J connectivity index is 1.21. The molecule has 0 spiro atoms. The second-order valence-corrected chi connectivity index (χ2v) is 10.3. The highest BCUT2D eigenvalue weighted by atomic mass is 35.5. The van der Waals surface area contributed by atoms with Crippen molar-refractivity contribution < 1.29 is 9.13 Å². The Kier molecular flexibility index (Phi) is 5.96. The maximum absolute atomic E-state index is 14.1. The van der Waals surface area contributed by atoms with Crippen LogP contribution in [0.15, 0.2) is 30.5 Å². The van der Waals surface area contributed by atoms with Crippen LogP contribution in [0.2, 0.25) is 5.02 Å². The van der Waals surface area contributed by atoms with Crippen molar-refractivity contribution in [1.29, 1.82) is 0 Å². The van der Waals surface area contributed by atoms with Gasteiger partial charge in [0.2, 0.25) is 11.8 Å². The van der Waals surface area contributed by atoms with E-state index in [9.17, 15) is 4.39 Å². The number of anilines is 2. The number of aromatic nitrogens is 5. The summed E-state index contributed by atoms with van der Waals surface area (Å²) in [5.41, 5.74) is 1.92. The molecule has 2 fully saturated rings. The Morgan fingerprint density at radius 2 is 1.91 bits per heavy atom. The zero-order valence-electron chi connectivity index (χ0n) is 19.7. The predicted octanol–water partition coefficient (Wildman–Crippen LogP) is 4.51. The number of hydrogen-bond acceptors (Lipinski definition) is 7. The van der Waals surface area contributed by atoms with Crippen LogP contribution in [0, 0.1) is 17.7 Å². The fraction of sp³-hybridized carbons (Fsp3) is 0.520. The largest absolute Gasteiger partial charge is 0.480 e. The number of halogens is 2. The molecule has 4 heterocycles. The van der Waals surface area contributed by atoms with Gasteiger partial charge in [-0.3, -0.25) is 0 Å². The van der Waals surface area contributed by atoms with Crippen molar-refractivity contribution in [3.8, 4) is 5.88 Å². The second-order valence-electron chi connectivity index (χ2n) is 9.90. The van der Waals surface area contributed by atoms with Crippen LogP contribution < -0.4 is 15.0 Å². The lowest BCUT2D eigenvalue weighted by Gasteiger charge is -2.39. The van der Waals surface area contributed by atoms with Crippen LogP contribution in [0.4, 0.5) is 16.0 Å². The number of fused-ring (bicyclic) bond motifs is 3. The molecule has 1 saturated heterocycles. The summed E-state index contributed by atoms with van der Waals surface area (Å²) in [6.07, 6.45) is 7.14. The summed E-state index contributed by atoms with van der Waals surface area (Å²) in [4.78, 5) is 7.33. The van der Waals surface area contributed by atoms with E-state index < -0.39 is 0 Å². The number of methoxy groups -OCH3 is 1. The van der Waals surface area contributed by atoms with Crippen LogP contribution in [-0.2, 0) is 6.54 Å². The molecule has 2 bridgehead atoms. The molecular weight excluding hydrogens is 469 g/mol. The predicted molar refractivity (Wildman–Crippen MR) is 132 cm³/mol. The maximum atomic E-state index is 14.1. The summed E-state index contributed by atoms with van der Waals surface area (Å²) in [6.45, 7) is 2.72. The van der Waals surface area contributed by atoms with E-state index >= 15 is 0 Å². The van der Waals surface area contributed by atoms with Gasteiger partial charge in [-0.1, -0.05) is 18.0 Å². The van der Waals surface area contributed by atoms with Crippen LogP contribution >= 0.6 is 11.6 Å². The van der Waals surface area contributed by atoms with Gasteiger partial charge in [0, 0.05) is 42.7 Å². The van der Waals surface area contributed by atoms with Crippen LogP contribution in [0.1, 0.15) is 49.4 Å². The Bertz CT molecular complexity index is 1190. The highest BCUT2D eigenvalue weighted by Gasteiger charge is 2.43. The Labute approximate surface area is 208 Å². The van der Waals surface area contributed by atoms with E-state index in [4.69, 9.17) is 26.4 Å². The highest BCUT2D eigenvalue weighted by Crippen LogP contribution is 2.41. The zero-order chi connectivity index (χ0) is 23.9. The number of nitrogens with one attached hydrogen (secondary N) is 1. The molecule has 1 aromatic carbocycles. The first-order valence-corrected chi connectivity index (χ1v) is 12.7. The van der Waals surface area contributed by atoms with E-state index in [1.807, 2.05) is 23.0 Å². The first kappa shape index (κ1) is 22.5. The average molecular weight is 498 g/mol. The molecule has 10 heteroatoms. The van der Waals surface area contributed by atoms with Crippen molar-refractivity contribution in [3.05, 3.63) is 52.7 Å². The Hall–Kier alpha value is -2.94. The van der Waals surface area contributed by atoms with Crippen molar-refractivity contribution in [1.82, 2.24) is 25.0 Å². The summed E-state index contributed by atoms with van der Waals surface area (Å²) >= 11 is 6.17. The number of aryl methyl sites for hydroxylation is 1. The summed E-state index contributed by atoms with van der Waals surface area (Å²) < 4.78 is 21.4. The van der Waals surface area contributed by atoms with Crippen molar-refractivity contribution in [2.24, 2.45) is 11.8 Å². The molecule has 0 amide bonds. The second kappa shape index (κ2) is 9.26. The molecule has 1 saturated carbocycles. The molecule has 3 aromatic rings. The third-order valence-corrected chi connectivity index (χ3v) is 7.95. The van der Waals surface area contributed by atoms with Crippen LogP contribution in [0.25, 0.3) is 0 Å². The van der Waals surface area contributed by atoms with E-state index in [0.29, 0.717) is 34.7 Å². The van der Waals surface area contributed by atoms with Gasteiger partial charge in [0.1, 0.15) is 11.6 Å². The van der Waals surface area contributed by atoms with Crippen LogP contribution in [-0.4, -0.2) is 51.2 Å². The summed E-state index contributed by atoms with van der Waals surface area (Å²) in [5, 5.41) is 17.0. The van der Waals surface area contributed by atoms with E-state index in [-0.39, 0.29) is 11.7 Å². The standard InChI is InChI=1S/C25H29ClFN7O/c1-35-22-11-20(12-28-31-22)33-13-15-5-6-16(14-33)23(15)29-25-30-24-21(4-2-3-7-34(24)32-25)17-8-18(26)10-19(27)9-17/h8-12,15-16,21,23H,2-7,13-14H2,1H3,(H,29,32)/t15-,16+,21-,23?/m1/s1. The molecule has 6 rings (SSSR count). The summed E-state index contributed by atoms with van der Waals surface area (Å²) in [6, 6.07) is 7.06. The van der Waals surface area contributed by atoms with E-state index in [2.05, 4.69) is 20.4 Å². The van der Waals surface area contributed by atoms with Crippen LogP contribution in [0.3, 0.4) is 0 Å². The lowest BCUT2D eigenvalue weighted by atomic mass is 9.92. The number of ether oxygens (including phenoxy) is 1. The van der Waals surface area contributed by atoms with Crippen molar-refractivity contribution in [3.63, 3.8) is 0 Å². The van der Waals surface area contributed by atoms with Gasteiger partial charge in [-0.05, 0) is 61.3 Å². The van der Waals surface area contributed by atoms with Gasteiger partial charge in [-0.25, -0.2) is 9.07 Å². The average Bonchev–Trinajstić information content (AvgIpc) is 3.25. The quantitative estimate of drug-likeness (QED) is 0.555. The Morgan fingerprint density at radius 1 is 1.09 bits per heavy atom. The molecule has 1 N–H and O–H groups in total. The van der Waals surface area contributed by atoms with Gasteiger partial charge in [-0.2, -0.15) is 10.1 Å².